The number of benzene rings is 1. The second-order valence-electron chi connectivity index (χ2n) is 4.90. The zero-order valence-electron chi connectivity index (χ0n) is 11.0. The predicted molar refractivity (Wildman–Crippen MR) is 74.0 cm³/mol. The van der Waals surface area contributed by atoms with Crippen molar-refractivity contribution >= 4 is 11.7 Å². The van der Waals surface area contributed by atoms with Crippen LogP contribution in [-0.4, -0.2) is 30.8 Å². The molecule has 4 heteroatoms. The first-order valence-corrected chi connectivity index (χ1v) is 6.84. The minimum atomic E-state index is -0.0296. The third-order valence-corrected chi connectivity index (χ3v) is 3.34. The number of hydrogen-bond donors (Lipinski definition) is 2. The van der Waals surface area contributed by atoms with Crippen LogP contribution in [0.4, 0.5) is 0 Å². The van der Waals surface area contributed by atoms with E-state index < -0.39 is 0 Å². The maximum Gasteiger partial charge on any atom is 0.220 e. The minimum Gasteiger partial charge on any atom is -0.352 e. The highest BCUT2D eigenvalue weighted by molar-refractivity contribution is 5.97. The van der Waals surface area contributed by atoms with Crippen molar-refractivity contribution < 1.29 is 9.59 Å². The van der Waals surface area contributed by atoms with Gasteiger partial charge < -0.3 is 10.6 Å². The Hall–Kier alpha value is -1.68. The summed E-state index contributed by atoms with van der Waals surface area (Å²) in [5, 5.41) is 6.22. The molecule has 1 aliphatic rings. The largest absolute Gasteiger partial charge is 0.352 e. The van der Waals surface area contributed by atoms with E-state index in [-0.39, 0.29) is 30.6 Å². The molecule has 0 saturated carbocycles. The molecular formula is C15H20N2O2. The molecule has 1 aliphatic heterocycles. The van der Waals surface area contributed by atoms with Crippen molar-refractivity contribution in [2.75, 3.05) is 13.1 Å². The highest BCUT2D eigenvalue weighted by Gasteiger charge is 2.16. The molecule has 1 atom stereocenters. The number of rotatable bonds is 5. The molecule has 2 N–H and O–H groups in total. The number of Topliss-reactive ketones (excluding diaryl/α,β-unsaturated/α-hetero) is 1. The van der Waals surface area contributed by atoms with Gasteiger partial charge in [-0.2, -0.15) is 0 Å². The lowest BCUT2D eigenvalue weighted by Gasteiger charge is -2.23. The van der Waals surface area contributed by atoms with E-state index in [1.165, 1.54) is 0 Å². The molecule has 4 nitrogen and oxygen atoms in total. The molecule has 1 aromatic rings. The zero-order valence-corrected chi connectivity index (χ0v) is 11.0. The average molecular weight is 260 g/mol. The summed E-state index contributed by atoms with van der Waals surface area (Å²) < 4.78 is 0. The fraction of sp³-hybridized carbons (Fsp3) is 0.467. The molecule has 0 radical (unpaired) electrons. The third-order valence-electron chi connectivity index (χ3n) is 3.34. The number of ketones is 1. The van der Waals surface area contributed by atoms with E-state index in [0.29, 0.717) is 5.56 Å². The van der Waals surface area contributed by atoms with Gasteiger partial charge in [0.2, 0.25) is 5.91 Å². The molecule has 102 valence electrons. The summed E-state index contributed by atoms with van der Waals surface area (Å²) in [6.45, 7) is 1.86. The molecule has 1 amide bonds. The van der Waals surface area contributed by atoms with E-state index in [0.717, 1.165) is 25.9 Å². The first-order chi connectivity index (χ1) is 9.25. The summed E-state index contributed by atoms with van der Waals surface area (Å²) >= 11 is 0. The summed E-state index contributed by atoms with van der Waals surface area (Å²) in [5.74, 6) is -0.00417. The first kappa shape index (κ1) is 13.7. The van der Waals surface area contributed by atoms with Crippen molar-refractivity contribution in [3.05, 3.63) is 35.9 Å². The fourth-order valence-electron chi connectivity index (χ4n) is 2.27. The third kappa shape index (κ3) is 4.48. The second-order valence-corrected chi connectivity index (χ2v) is 4.90. The quantitative estimate of drug-likeness (QED) is 0.789. The molecule has 0 unspecified atom stereocenters. The molecule has 0 spiro atoms. The average Bonchev–Trinajstić information content (AvgIpc) is 2.47. The SMILES string of the molecule is O=C(CCC(=O)c1ccccc1)N[C@H]1CCCNC1. The smallest absolute Gasteiger partial charge is 0.220 e. The Morgan fingerprint density at radius 1 is 1.21 bits per heavy atom. The van der Waals surface area contributed by atoms with Crippen molar-refractivity contribution in [1.82, 2.24) is 10.6 Å². The van der Waals surface area contributed by atoms with Crippen LogP contribution in [-0.2, 0) is 4.79 Å². The number of piperidine rings is 1. The molecule has 1 heterocycles. The zero-order chi connectivity index (χ0) is 13.5. The van der Waals surface area contributed by atoms with E-state index in [2.05, 4.69) is 10.6 Å². The molecule has 0 aromatic heterocycles. The fourth-order valence-corrected chi connectivity index (χ4v) is 2.27. The van der Waals surface area contributed by atoms with Gasteiger partial charge in [0, 0.05) is 31.0 Å². The maximum atomic E-state index is 11.8. The van der Waals surface area contributed by atoms with Gasteiger partial charge in [0.15, 0.2) is 5.78 Å². The van der Waals surface area contributed by atoms with E-state index in [1.807, 2.05) is 18.2 Å². The van der Waals surface area contributed by atoms with Gasteiger partial charge in [0.25, 0.3) is 0 Å². The maximum absolute atomic E-state index is 11.8. The van der Waals surface area contributed by atoms with Gasteiger partial charge in [0.05, 0.1) is 0 Å². The lowest BCUT2D eigenvalue weighted by molar-refractivity contribution is -0.121. The Balaban J connectivity index is 1.72. The van der Waals surface area contributed by atoms with Crippen LogP contribution in [0.1, 0.15) is 36.0 Å². The second kappa shape index (κ2) is 7.04. The standard InChI is InChI=1S/C15H20N2O2/c18-14(12-5-2-1-3-6-12)8-9-15(19)17-13-7-4-10-16-11-13/h1-3,5-6,13,16H,4,7-11H2,(H,17,19)/t13-/m0/s1. The molecular weight excluding hydrogens is 240 g/mol. The first-order valence-electron chi connectivity index (χ1n) is 6.84. The van der Waals surface area contributed by atoms with Crippen molar-refractivity contribution in [2.24, 2.45) is 0 Å². The lowest BCUT2D eigenvalue weighted by atomic mass is 10.1. The number of carbonyl (C=O) groups excluding carboxylic acids is 2. The number of carbonyl (C=O) groups is 2. The minimum absolute atomic E-state index is 0.0255. The summed E-state index contributed by atoms with van der Waals surface area (Å²) in [7, 11) is 0. The van der Waals surface area contributed by atoms with Crippen LogP contribution in [0.2, 0.25) is 0 Å². The molecule has 1 fully saturated rings. The Bertz CT molecular complexity index is 425. The summed E-state index contributed by atoms with van der Waals surface area (Å²) in [6.07, 6.45) is 2.65. The van der Waals surface area contributed by atoms with E-state index >= 15 is 0 Å². The highest BCUT2D eigenvalue weighted by atomic mass is 16.2. The van der Waals surface area contributed by atoms with Crippen LogP contribution in [0.15, 0.2) is 30.3 Å². The topological polar surface area (TPSA) is 58.2 Å². The van der Waals surface area contributed by atoms with Gasteiger partial charge in [-0.05, 0) is 19.4 Å². The van der Waals surface area contributed by atoms with Gasteiger partial charge in [-0.25, -0.2) is 0 Å². The van der Waals surface area contributed by atoms with E-state index in [4.69, 9.17) is 0 Å². The summed E-state index contributed by atoms with van der Waals surface area (Å²) in [6, 6.07) is 9.33. The van der Waals surface area contributed by atoms with Crippen LogP contribution in [0.25, 0.3) is 0 Å². The number of nitrogens with one attached hydrogen (secondary N) is 2. The molecule has 0 aliphatic carbocycles. The van der Waals surface area contributed by atoms with Gasteiger partial charge in [-0.15, -0.1) is 0 Å². The lowest BCUT2D eigenvalue weighted by Crippen LogP contribution is -2.45. The molecule has 1 aromatic carbocycles. The highest BCUT2D eigenvalue weighted by Crippen LogP contribution is 2.06. The summed E-state index contributed by atoms with van der Waals surface area (Å²) in [5.41, 5.74) is 0.676. The molecule has 2 rings (SSSR count). The van der Waals surface area contributed by atoms with Crippen LogP contribution in [0.5, 0.6) is 0 Å². The van der Waals surface area contributed by atoms with Crippen molar-refractivity contribution in [3.8, 4) is 0 Å². The number of amides is 1. The van der Waals surface area contributed by atoms with Gasteiger partial charge >= 0.3 is 0 Å². The predicted octanol–water partition coefficient (Wildman–Crippen LogP) is 1.52. The van der Waals surface area contributed by atoms with Gasteiger partial charge in [-0.1, -0.05) is 30.3 Å². The van der Waals surface area contributed by atoms with Gasteiger partial charge in [0.1, 0.15) is 0 Å². The van der Waals surface area contributed by atoms with Crippen LogP contribution in [0.3, 0.4) is 0 Å². The van der Waals surface area contributed by atoms with Crippen molar-refractivity contribution in [2.45, 2.75) is 31.7 Å². The monoisotopic (exact) mass is 260 g/mol. The Labute approximate surface area is 113 Å². The van der Waals surface area contributed by atoms with Crippen LogP contribution in [0, 0.1) is 0 Å². The van der Waals surface area contributed by atoms with Crippen molar-refractivity contribution in [1.29, 1.82) is 0 Å². The normalized spacial score (nSPS) is 18.8. The Morgan fingerprint density at radius 2 is 2.00 bits per heavy atom. The molecule has 0 bridgehead atoms. The van der Waals surface area contributed by atoms with Crippen LogP contribution >= 0.6 is 0 Å². The van der Waals surface area contributed by atoms with Crippen LogP contribution < -0.4 is 10.6 Å². The molecule has 1 saturated heterocycles. The van der Waals surface area contributed by atoms with E-state index in [9.17, 15) is 9.59 Å². The number of hydrogen-bond acceptors (Lipinski definition) is 3. The Kier molecular flexibility index (Phi) is 5.10. The molecule has 19 heavy (non-hydrogen) atoms. The van der Waals surface area contributed by atoms with Gasteiger partial charge in [-0.3, -0.25) is 9.59 Å². The van der Waals surface area contributed by atoms with Crippen molar-refractivity contribution in [3.63, 3.8) is 0 Å². The van der Waals surface area contributed by atoms with E-state index in [1.54, 1.807) is 12.1 Å². The summed E-state index contributed by atoms with van der Waals surface area (Å²) in [4.78, 5) is 23.6. The Morgan fingerprint density at radius 3 is 2.68 bits per heavy atom.